The molecule has 2 aliphatic rings. The first-order valence-corrected chi connectivity index (χ1v) is 8.68. The van der Waals surface area contributed by atoms with Crippen LogP contribution in [0.4, 0.5) is 5.69 Å². The molecule has 1 spiro atoms. The van der Waals surface area contributed by atoms with Crippen LogP contribution in [0, 0.1) is 0 Å². The van der Waals surface area contributed by atoms with Gasteiger partial charge in [-0.25, -0.2) is 0 Å². The molecule has 2 saturated heterocycles. The van der Waals surface area contributed by atoms with Crippen molar-refractivity contribution in [3.05, 3.63) is 42.5 Å². The molecular weight excluding hydrogens is 316 g/mol. The number of nitrogens with zero attached hydrogens (tertiary/aromatic N) is 6. The number of rotatable bonds is 3. The summed E-state index contributed by atoms with van der Waals surface area (Å²) in [4.78, 5) is 23.6. The van der Waals surface area contributed by atoms with Crippen molar-refractivity contribution in [2.45, 2.75) is 18.5 Å². The van der Waals surface area contributed by atoms with E-state index in [1.165, 1.54) is 0 Å². The van der Waals surface area contributed by atoms with Gasteiger partial charge in [-0.15, -0.1) is 0 Å². The van der Waals surface area contributed by atoms with E-state index in [-0.39, 0.29) is 11.4 Å². The number of anilines is 1. The molecule has 1 unspecified atom stereocenters. The second kappa shape index (κ2) is 6.24. The van der Waals surface area contributed by atoms with Crippen molar-refractivity contribution >= 4 is 11.6 Å². The molecule has 0 radical (unpaired) electrons. The molecule has 2 aromatic rings. The number of aryl methyl sites for hydroxylation is 1. The Labute approximate surface area is 147 Å². The van der Waals surface area contributed by atoms with Gasteiger partial charge in [-0.1, -0.05) is 6.07 Å². The molecule has 0 saturated carbocycles. The predicted molar refractivity (Wildman–Crippen MR) is 95.1 cm³/mol. The Balaban J connectivity index is 1.51. The lowest BCUT2D eigenvalue weighted by molar-refractivity contribution is -0.123. The third-order valence-corrected chi connectivity index (χ3v) is 5.46. The number of aromatic nitrogens is 3. The molecular formula is C18H24N6O. The SMILES string of the molecule is CN1CC(=O)N(c2cnn(C)c2)CC12CCN(Cc1ccccn1)C2. The molecule has 2 fully saturated rings. The Morgan fingerprint density at radius 2 is 2.12 bits per heavy atom. The quantitative estimate of drug-likeness (QED) is 0.825. The number of hydrogen-bond acceptors (Lipinski definition) is 5. The largest absolute Gasteiger partial charge is 0.306 e. The van der Waals surface area contributed by atoms with Crippen molar-refractivity contribution in [2.24, 2.45) is 7.05 Å². The molecule has 2 aromatic heterocycles. The highest BCUT2D eigenvalue weighted by Crippen LogP contribution is 2.33. The molecule has 25 heavy (non-hydrogen) atoms. The maximum Gasteiger partial charge on any atom is 0.241 e. The number of carbonyl (C=O) groups excluding carboxylic acids is 1. The van der Waals surface area contributed by atoms with E-state index in [4.69, 9.17) is 0 Å². The van der Waals surface area contributed by atoms with Gasteiger partial charge in [0.25, 0.3) is 0 Å². The van der Waals surface area contributed by atoms with Crippen LogP contribution in [0.3, 0.4) is 0 Å². The van der Waals surface area contributed by atoms with Gasteiger partial charge in [0.15, 0.2) is 0 Å². The minimum atomic E-state index is -0.00146. The topological polar surface area (TPSA) is 57.5 Å². The highest BCUT2D eigenvalue weighted by molar-refractivity contribution is 5.95. The summed E-state index contributed by atoms with van der Waals surface area (Å²) >= 11 is 0. The highest BCUT2D eigenvalue weighted by atomic mass is 16.2. The third kappa shape index (κ3) is 3.05. The smallest absolute Gasteiger partial charge is 0.241 e. The van der Waals surface area contributed by atoms with Crippen LogP contribution in [0.1, 0.15) is 12.1 Å². The second-order valence-electron chi connectivity index (χ2n) is 7.21. The van der Waals surface area contributed by atoms with E-state index in [1.54, 1.807) is 10.9 Å². The van der Waals surface area contributed by atoms with Crippen LogP contribution in [0.15, 0.2) is 36.8 Å². The van der Waals surface area contributed by atoms with Crippen LogP contribution in [0.25, 0.3) is 0 Å². The Kier molecular flexibility index (Phi) is 4.05. The predicted octanol–water partition coefficient (Wildman–Crippen LogP) is 0.738. The van der Waals surface area contributed by atoms with Gasteiger partial charge in [0, 0.05) is 45.6 Å². The fraction of sp³-hybridized carbons (Fsp3) is 0.500. The summed E-state index contributed by atoms with van der Waals surface area (Å²) in [5.74, 6) is 0.143. The van der Waals surface area contributed by atoms with Gasteiger partial charge < -0.3 is 4.90 Å². The van der Waals surface area contributed by atoms with E-state index in [2.05, 4.69) is 33.0 Å². The molecule has 1 atom stereocenters. The lowest BCUT2D eigenvalue weighted by Gasteiger charge is -2.46. The Bertz CT molecular complexity index is 760. The first-order chi connectivity index (χ1) is 12.1. The molecule has 0 aromatic carbocycles. The zero-order valence-electron chi connectivity index (χ0n) is 14.8. The standard InChI is InChI=1S/C18H24N6O/c1-21-12-17(25)24(16-9-20-22(2)11-16)14-18(21)6-8-23(13-18)10-15-5-3-4-7-19-15/h3-5,7,9,11H,6,8,10,12-14H2,1-2H3. The van der Waals surface area contributed by atoms with Gasteiger partial charge in [0.2, 0.25) is 5.91 Å². The molecule has 7 heteroatoms. The number of hydrogen-bond donors (Lipinski definition) is 0. The van der Waals surface area contributed by atoms with E-state index in [9.17, 15) is 4.79 Å². The summed E-state index contributed by atoms with van der Waals surface area (Å²) in [5.41, 5.74) is 1.99. The van der Waals surface area contributed by atoms with Crippen LogP contribution < -0.4 is 4.90 Å². The molecule has 7 nitrogen and oxygen atoms in total. The van der Waals surface area contributed by atoms with E-state index < -0.39 is 0 Å². The van der Waals surface area contributed by atoms with E-state index in [0.717, 1.165) is 37.4 Å². The summed E-state index contributed by atoms with van der Waals surface area (Å²) in [6.07, 6.45) is 6.59. The van der Waals surface area contributed by atoms with Gasteiger partial charge in [-0.2, -0.15) is 5.10 Å². The lowest BCUT2D eigenvalue weighted by atomic mass is 9.93. The van der Waals surface area contributed by atoms with Crippen molar-refractivity contribution in [1.29, 1.82) is 0 Å². The molecule has 0 bridgehead atoms. The van der Waals surface area contributed by atoms with Gasteiger partial charge in [-0.05, 0) is 25.6 Å². The van der Waals surface area contributed by atoms with Crippen molar-refractivity contribution in [3.63, 3.8) is 0 Å². The fourth-order valence-corrected chi connectivity index (χ4v) is 3.98. The molecule has 132 valence electrons. The average molecular weight is 340 g/mol. The number of pyridine rings is 1. The first-order valence-electron chi connectivity index (χ1n) is 8.68. The number of likely N-dealkylation sites (tertiary alicyclic amines) is 1. The van der Waals surface area contributed by atoms with Crippen LogP contribution in [0.2, 0.25) is 0 Å². The van der Waals surface area contributed by atoms with Crippen LogP contribution >= 0.6 is 0 Å². The van der Waals surface area contributed by atoms with Crippen LogP contribution in [0.5, 0.6) is 0 Å². The summed E-state index contributed by atoms with van der Waals surface area (Å²) < 4.78 is 1.75. The second-order valence-corrected chi connectivity index (χ2v) is 7.21. The van der Waals surface area contributed by atoms with E-state index in [0.29, 0.717) is 13.1 Å². The average Bonchev–Trinajstić information content (AvgIpc) is 3.20. The van der Waals surface area contributed by atoms with Crippen LogP contribution in [-0.2, 0) is 18.4 Å². The fourth-order valence-electron chi connectivity index (χ4n) is 3.98. The van der Waals surface area contributed by atoms with Crippen molar-refractivity contribution in [2.75, 3.05) is 38.1 Å². The maximum atomic E-state index is 12.6. The van der Waals surface area contributed by atoms with E-state index >= 15 is 0 Å². The minimum Gasteiger partial charge on any atom is -0.306 e. The first kappa shape index (κ1) is 16.2. The van der Waals surface area contributed by atoms with Crippen molar-refractivity contribution in [1.82, 2.24) is 24.6 Å². The lowest BCUT2D eigenvalue weighted by Crippen LogP contribution is -2.64. The number of likely N-dealkylation sites (N-methyl/N-ethyl adjacent to an activating group) is 1. The van der Waals surface area contributed by atoms with E-state index in [1.807, 2.05) is 36.5 Å². The zero-order chi connectivity index (χ0) is 17.4. The molecule has 0 N–H and O–H groups in total. The zero-order valence-corrected chi connectivity index (χ0v) is 14.8. The highest BCUT2D eigenvalue weighted by Gasteiger charge is 2.47. The molecule has 4 heterocycles. The van der Waals surface area contributed by atoms with Gasteiger partial charge >= 0.3 is 0 Å². The molecule has 1 amide bonds. The normalized spacial score (nSPS) is 25.2. The Morgan fingerprint density at radius 3 is 2.84 bits per heavy atom. The van der Waals surface area contributed by atoms with Gasteiger partial charge in [0.05, 0.1) is 29.7 Å². The molecule has 0 aliphatic carbocycles. The summed E-state index contributed by atoms with van der Waals surface area (Å²) in [7, 11) is 3.95. The molecule has 4 rings (SSSR count). The van der Waals surface area contributed by atoms with Crippen LogP contribution in [-0.4, -0.2) is 69.2 Å². The number of amides is 1. The monoisotopic (exact) mass is 340 g/mol. The Hall–Kier alpha value is -2.25. The summed E-state index contributed by atoms with van der Waals surface area (Å²) in [5, 5.41) is 4.22. The number of carbonyl (C=O) groups is 1. The third-order valence-electron chi connectivity index (χ3n) is 5.46. The molecule has 2 aliphatic heterocycles. The van der Waals surface area contributed by atoms with Crippen molar-refractivity contribution < 1.29 is 4.79 Å². The van der Waals surface area contributed by atoms with Crippen molar-refractivity contribution in [3.8, 4) is 0 Å². The summed E-state index contributed by atoms with van der Waals surface area (Å²) in [6.45, 7) is 4.00. The maximum absolute atomic E-state index is 12.6. The minimum absolute atomic E-state index is 0.00146. The number of piperazine rings is 1. The Morgan fingerprint density at radius 1 is 1.24 bits per heavy atom. The summed E-state index contributed by atoms with van der Waals surface area (Å²) in [6, 6.07) is 6.05. The van der Waals surface area contributed by atoms with Gasteiger partial charge in [-0.3, -0.25) is 24.3 Å². The van der Waals surface area contributed by atoms with Gasteiger partial charge in [0.1, 0.15) is 0 Å².